The van der Waals surface area contributed by atoms with Crippen LogP contribution in [0.15, 0.2) is 30.3 Å². The number of benzene rings is 1. The lowest BCUT2D eigenvalue weighted by molar-refractivity contribution is -0.154. The highest BCUT2D eigenvalue weighted by molar-refractivity contribution is 6.32. The fourth-order valence-corrected chi connectivity index (χ4v) is 2.45. The third-order valence-corrected chi connectivity index (χ3v) is 3.52. The Morgan fingerprint density at radius 1 is 1.32 bits per heavy atom. The van der Waals surface area contributed by atoms with Crippen LogP contribution in [0.5, 0.6) is 0 Å². The lowest BCUT2D eigenvalue weighted by Gasteiger charge is -2.16. The van der Waals surface area contributed by atoms with Gasteiger partial charge in [0.05, 0.1) is 6.61 Å². The van der Waals surface area contributed by atoms with Gasteiger partial charge in [-0.25, -0.2) is 4.79 Å². The van der Waals surface area contributed by atoms with E-state index in [1.165, 1.54) is 0 Å². The van der Waals surface area contributed by atoms with E-state index in [2.05, 4.69) is 10.1 Å². The van der Waals surface area contributed by atoms with Crippen molar-refractivity contribution < 1.29 is 19.1 Å². The Balaban J connectivity index is 1.80. The number of hydrogen-bond acceptors (Lipinski definition) is 4. The Kier molecular flexibility index (Phi) is 5.52. The Morgan fingerprint density at radius 3 is 2.73 bits per heavy atom. The number of rotatable bonds is 5. The maximum absolute atomic E-state index is 12.0. The first-order valence-electron chi connectivity index (χ1n) is 7.36. The molecule has 1 heterocycles. The SMILES string of the molecule is CCOC(=O)C(=O)NCC1CC(=O)N(Cc2ccccc2)C1. The molecule has 1 aromatic rings. The summed E-state index contributed by atoms with van der Waals surface area (Å²) in [4.78, 5) is 36.4. The van der Waals surface area contributed by atoms with E-state index in [1.54, 1.807) is 11.8 Å². The normalized spacial score (nSPS) is 17.4. The summed E-state index contributed by atoms with van der Waals surface area (Å²) in [6.45, 7) is 3.26. The van der Waals surface area contributed by atoms with E-state index in [4.69, 9.17) is 0 Å². The first-order chi connectivity index (χ1) is 10.6. The molecular formula is C16H20N2O4. The van der Waals surface area contributed by atoms with Crippen molar-refractivity contribution in [1.29, 1.82) is 0 Å². The second kappa shape index (κ2) is 7.59. The van der Waals surface area contributed by atoms with Crippen LogP contribution in [0.3, 0.4) is 0 Å². The van der Waals surface area contributed by atoms with Crippen LogP contribution < -0.4 is 5.32 Å². The van der Waals surface area contributed by atoms with Gasteiger partial charge in [-0.1, -0.05) is 30.3 Å². The van der Waals surface area contributed by atoms with Crippen molar-refractivity contribution in [3.63, 3.8) is 0 Å². The van der Waals surface area contributed by atoms with E-state index in [0.29, 0.717) is 26.1 Å². The van der Waals surface area contributed by atoms with Crippen LogP contribution in [-0.2, 0) is 25.7 Å². The molecule has 0 aromatic heterocycles. The predicted molar refractivity (Wildman–Crippen MR) is 79.6 cm³/mol. The molecule has 2 rings (SSSR count). The zero-order chi connectivity index (χ0) is 15.9. The van der Waals surface area contributed by atoms with Crippen LogP contribution in [0.25, 0.3) is 0 Å². The predicted octanol–water partition coefficient (Wildman–Crippen LogP) is 0.714. The van der Waals surface area contributed by atoms with E-state index in [9.17, 15) is 14.4 Å². The first kappa shape index (κ1) is 16.0. The summed E-state index contributed by atoms with van der Waals surface area (Å²) in [5.41, 5.74) is 1.08. The average Bonchev–Trinajstić information content (AvgIpc) is 2.86. The zero-order valence-electron chi connectivity index (χ0n) is 12.6. The highest BCUT2D eigenvalue weighted by atomic mass is 16.5. The van der Waals surface area contributed by atoms with Crippen molar-refractivity contribution in [1.82, 2.24) is 10.2 Å². The van der Waals surface area contributed by atoms with E-state index < -0.39 is 11.9 Å². The molecular weight excluding hydrogens is 284 g/mol. The molecule has 2 amide bonds. The highest BCUT2D eigenvalue weighted by Crippen LogP contribution is 2.19. The molecule has 0 spiro atoms. The van der Waals surface area contributed by atoms with Crippen molar-refractivity contribution in [3.8, 4) is 0 Å². The highest BCUT2D eigenvalue weighted by Gasteiger charge is 2.30. The third-order valence-electron chi connectivity index (χ3n) is 3.52. The number of nitrogens with zero attached hydrogens (tertiary/aromatic N) is 1. The molecule has 6 nitrogen and oxygen atoms in total. The van der Waals surface area contributed by atoms with Gasteiger partial charge in [0, 0.05) is 32.0 Å². The number of carbonyl (C=O) groups excluding carboxylic acids is 3. The van der Waals surface area contributed by atoms with Gasteiger partial charge in [-0.3, -0.25) is 9.59 Å². The van der Waals surface area contributed by atoms with Crippen molar-refractivity contribution in [2.75, 3.05) is 19.7 Å². The van der Waals surface area contributed by atoms with Gasteiger partial charge in [0.1, 0.15) is 0 Å². The number of ether oxygens (including phenoxy) is 1. The van der Waals surface area contributed by atoms with Gasteiger partial charge in [0.15, 0.2) is 0 Å². The van der Waals surface area contributed by atoms with E-state index in [-0.39, 0.29) is 18.4 Å². The number of amides is 2. The third kappa shape index (κ3) is 4.31. The van der Waals surface area contributed by atoms with Crippen LogP contribution >= 0.6 is 0 Å². The van der Waals surface area contributed by atoms with Gasteiger partial charge < -0.3 is 15.0 Å². The van der Waals surface area contributed by atoms with Gasteiger partial charge in [-0.2, -0.15) is 0 Å². The molecule has 1 aliphatic heterocycles. The molecule has 0 saturated carbocycles. The number of hydrogen-bond donors (Lipinski definition) is 1. The molecule has 0 bridgehead atoms. The fourth-order valence-electron chi connectivity index (χ4n) is 2.45. The number of nitrogens with one attached hydrogen (secondary N) is 1. The maximum atomic E-state index is 12.0. The minimum atomic E-state index is -0.882. The van der Waals surface area contributed by atoms with Gasteiger partial charge in [0.25, 0.3) is 0 Å². The van der Waals surface area contributed by atoms with Crippen molar-refractivity contribution in [2.45, 2.75) is 19.9 Å². The topological polar surface area (TPSA) is 75.7 Å². The van der Waals surface area contributed by atoms with Crippen molar-refractivity contribution >= 4 is 17.8 Å². The standard InChI is InChI=1S/C16H20N2O4/c1-2-22-16(21)15(20)17-9-13-8-14(19)18(11-13)10-12-6-4-3-5-7-12/h3-7,13H,2,8-11H2,1H3,(H,17,20). The summed E-state index contributed by atoms with van der Waals surface area (Å²) in [7, 11) is 0. The minimum Gasteiger partial charge on any atom is -0.459 e. The van der Waals surface area contributed by atoms with Crippen LogP contribution in [0.4, 0.5) is 0 Å². The Hall–Kier alpha value is -2.37. The first-order valence-corrected chi connectivity index (χ1v) is 7.36. The smallest absolute Gasteiger partial charge is 0.396 e. The average molecular weight is 304 g/mol. The molecule has 118 valence electrons. The lowest BCUT2D eigenvalue weighted by Crippen LogP contribution is -2.36. The van der Waals surface area contributed by atoms with E-state index in [1.807, 2.05) is 30.3 Å². The summed E-state index contributed by atoms with van der Waals surface area (Å²) in [6, 6.07) is 9.76. The number of likely N-dealkylation sites (tertiary alicyclic amines) is 1. The molecule has 1 unspecified atom stereocenters. The maximum Gasteiger partial charge on any atom is 0.396 e. The molecule has 1 saturated heterocycles. The van der Waals surface area contributed by atoms with Gasteiger partial charge in [-0.15, -0.1) is 0 Å². The quantitative estimate of drug-likeness (QED) is 0.642. The largest absolute Gasteiger partial charge is 0.459 e. The summed E-state index contributed by atoms with van der Waals surface area (Å²) < 4.78 is 4.61. The lowest BCUT2D eigenvalue weighted by atomic mass is 10.1. The van der Waals surface area contributed by atoms with Crippen LogP contribution in [0, 0.1) is 5.92 Å². The van der Waals surface area contributed by atoms with Crippen LogP contribution in [0.2, 0.25) is 0 Å². The molecule has 0 aliphatic carbocycles. The molecule has 22 heavy (non-hydrogen) atoms. The van der Waals surface area contributed by atoms with Gasteiger partial charge in [0.2, 0.25) is 5.91 Å². The summed E-state index contributed by atoms with van der Waals surface area (Å²) in [5, 5.41) is 2.52. The number of esters is 1. The minimum absolute atomic E-state index is 0.0228. The summed E-state index contributed by atoms with van der Waals surface area (Å²) in [5.74, 6) is -1.54. The molecule has 1 aliphatic rings. The van der Waals surface area contributed by atoms with Crippen LogP contribution in [-0.4, -0.2) is 42.4 Å². The van der Waals surface area contributed by atoms with Crippen molar-refractivity contribution in [3.05, 3.63) is 35.9 Å². The molecule has 1 fully saturated rings. The molecule has 1 N–H and O–H groups in total. The zero-order valence-corrected chi connectivity index (χ0v) is 12.6. The molecule has 1 atom stereocenters. The van der Waals surface area contributed by atoms with Crippen LogP contribution in [0.1, 0.15) is 18.9 Å². The Labute approximate surface area is 129 Å². The summed E-state index contributed by atoms with van der Waals surface area (Å²) in [6.07, 6.45) is 0.385. The van der Waals surface area contributed by atoms with Gasteiger partial charge in [-0.05, 0) is 12.5 Å². The van der Waals surface area contributed by atoms with Gasteiger partial charge >= 0.3 is 11.9 Å². The monoisotopic (exact) mass is 304 g/mol. The fraction of sp³-hybridized carbons (Fsp3) is 0.438. The second-order valence-electron chi connectivity index (χ2n) is 5.26. The Bertz CT molecular complexity index is 544. The van der Waals surface area contributed by atoms with E-state index >= 15 is 0 Å². The molecule has 6 heteroatoms. The van der Waals surface area contributed by atoms with E-state index in [0.717, 1.165) is 5.56 Å². The second-order valence-corrected chi connectivity index (χ2v) is 5.26. The van der Waals surface area contributed by atoms with Crippen molar-refractivity contribution in [2.24, 2.45) is 5.92 Å². The molecule has 0 radical (unpaired) electrons. The Morgan fingerprint density at radius 2 is 2.05 bits per heavy atom. The molecule has 1 aromatic carbocycles. The summed E-state index contributed by atoms with van der Waals surface area (Å²) >= 11 is 0. The number of carbonyl (C=O) groups is 3.